The molecule has 1 saturated heterocycles. The van der Waals surface area contributed by atoms with Crippen LogP contribution >= 0.6 is 0 Å². The fraction of sp³-hybridized carbons (Fsp3) is 0.500. The predicted molar refractivity (Wildman–Crippen MR) is 154 cm³/mol. The number of halogens is 1. The number of carbonyl (C=O) groups is 1. The number of likely N-dealkylation sites (tertiary alicyclic amines) is 1. The molecule has 0 bridgehead atoms. The first-order valence-corrected chi connectivity index (χ1v) is 14.5. The van der Waals surface area contributed by atoms with Crippen LogP contribution in [0.15, 0.2) is 48.5 Å². The third-order valence-corrected chi connectivity index (χ3v) is 8.93. The Morgan fingerprint density at radius 3 is 2.44 bits per heavy atom. The summed E-state index contributed by atoms with van der Waals surface area (Å²) < 4.78 is 21.9. The molecule has 6 nitrogen and oxygen atoms in total. The average molecular weight is 533 g/mol. The summed E-state index contributed by atoms with van der Waals surface area (Å²) in [5.41, 5.74) is 3.32. The van der Waals surface area contributed by atoms with Gasteiger partial charge in [-0.2, -0.15) is 0 Å². The van der Waals surface area contributed by atoms with Crippen LogP contribution in [0.3, 0.4) is 0 Å². The number of nitrogens with one attached hydrogen (secondary N) is 2. The Bertz CT molecular complexity index is 1270. The summed E-state index contributed by atoms with van der Waals surface area (Å²) >= 11 is 0. The molecule has 1 aliphatic heterocycles. The number of amides is 1. The molecule has 2 aliphatic rings. The Morgan fingerprint density at radius 2 is 1.77 bits per heavy atom. The SMILES string of the molecule is CC(C)C1CCC(N2CCC(n3c(CNC(=O)OCc4ccccc4)c(C=N)c4cc(F)ccc43)CC2)CC1. The van der Waals surface area contributed by atoms with Crippen molar-refractivity contribution in [3.05, 3.63) is 71.2 Å². The number of carbonyl (C=O) groups excluding carboxylic acids is 1. The number of alkyl carbamates (subject to hydrolysis) is 1. The van der Waals surface area contributed by atoms with Crippen molar-refractivity contribution in [2.45, 2.75) is 77.6 Å². The van der Waals surface area contributed by atoms with E-state index in [4.69, 9.17) is 10.1 Å². The molecule has 0 unspecified atom stereocenters. The van der Waals surface area contributed by atoms with Crippen LogP contribution in [0.2, 0.25) is 0 Å². The molecule has 3 aromatic rings. The monoisotopic (exact) mass is 532 g/mol. The molecule has 39 heavy (non-hydrogen) atoms. The van der Waals surface area contributed by atoms with Gasteiger partial charge in [-0.15, -0.1) is 0 Å². The van der Waals surface area contributed by atoms with Crippen molar-refractivity contribution < 1.29 is 13.9 Å². The molecule has 2 heterocycles. The molecule has 208 valence electrons. The number of ether oxygens (including phenoxy) is 1. The van der Waals surface area contributed by atoms with Gasteiger partial charge in [-0.1, -0.05) is 44.2 Å². The smallest absolute Gasteiger partial charge is 0.407 e. The minimum atomic E-state index is -0.510. The van der Waals surface area contributed by atoms with E-state index in [9.17, 15) is 9.18 Å². The molecule has 1 amide bonds. The van der Waals surface area contributed by atoms with Gasteiger partial charge in [0, 0.05) is 53.5 Å². The molecule has 0 atom stereocenters. The second-order valence-electron chi connectivity index (χ2n) is 11.5. The highest BCUT2D eigenvalue weighted by molar-refractivity contribution is 6.00. The molecule has 1 aromatic heterocycles. The highest BCUT2D eigenvalue weighted by Gasteiger charge is 2.32. The highest BCUT2D eigenvalue weighted by atomic mass is 19.1. The molecular formula is C32H41FN4O2. The van der Waals surface area contributed by atoms with Crippen LogP contribution in [-0.2, 0) is 17.9 Å². The van der Waals surface area contributed by atoms with E-state index in [1.165, 1.54) is 44.0 Å². The third kappa shape index (κ3) is 6.19. The Labute approximate surface area is 231 Å². The Balaban J connectivity index is 1.30. The number of hydrogen-bond donors (Lipinski definition) is 2. The maximum atomic E-state index is 14.3. The van der Waals surface area contributed by atoms with E-state index in [0.717, 1.165) is 54.5 Å². The number of fused-ring (bicyclic) bond motifs is 1. The maximum absolute atomic E-state index is 14.3. The number of benzene rings is 2. The normalized spacial score (nSPS) is 20.8. The minimum Gasteiger partial charge on any atom is -0.445 e. The lowest BCUT2D eigenvalue weighted by Crippen LogP contribution is -2.44. The number of piperidine rings is 1. The van der Waals surface area contributed by atoms with E-state index < -0.39 is 6.09 Å². The molecule has 0 spiro atoms. The number of aromatic nitrogens is 1. The van der Waals surface area contributed by atoms with Gasteiger partial charge < -0.3 is 24.9 Å². The first kappa shape index (κ1) is 27.4. The van der Waals surface area contributed by atoms with Crippen LogP contribution in [0.1, 0.15) is 75.2 Å². The minimum absolute atomic E-state index is 0.190. The van der Waals surface area contributed by atoms with Crippen molar-refractivity contribution in [1.29, 1.82) is 5.41 Å². The summed E-state index contributed by atoms with van der Waals surface area (Å²) in [5, 5.41) is 11.7. The summed E-state index contributed by atoms with van der Waals surface area (Å²) in [5.74, 6) is 1.31. The Morgan fingerprint density at radius 1 is 1.05 bits per heavy atom. The largest absolute Gasteiger partial charge is 0.445 e. The van der Waals surface area contributed by atoms with Gasteiger partial charge in [-0.3, -0.25) is 0 Å². The Kier molecular flexibility index (Phi) is 8.66. The van der Waals surface area contributed by atoms with Crippen LogP contribution in [0.5, 0.6) is 0 Å². The van der Waals surface area contributed by atoms with Gasteiger partial charge in [0.05, 0.1) is 6.54 Å². The van der Waals surface area contributed by atoms with Gasteiger partial charge in [0.25, 0.3) is 0 Å². The van der Waals surface area contributed by atoms with E-state index in [-0.39, 0.29) is 25.0 Å². The molecule has 2 aromatic carbocycles. The predicted octanol–water partition coefficient (Wildman–Crippen LogP) is 7.06. The zero-order valence-electron chi connectivity index (χ0n) is 23.2. The second kappa shape index (κ2) is 12.3. The van der Waals surface area contributed by atoms with E-state index >= 15 is 0 Å². The topological polar surface area (TPSA) is 70.3 Å². The van der Waals surface area contributed by atoms with Crippen LogP contribution in [0, 0.1) is 23.1 Å². The molecule has 7 heteroatoms. The highest BCUT2D eigenvalue weighted by Crippen LogP contribution is 2.37. The van der Waals surface area contributed by atoms with Gasteiger partial charge in [0.15, 0.2) is 0 Å². The van der Waals surface area contributed by atoms with Crippen molar-refractivity contribution in [2.24, 2.45) is 11.8 Å². The summed E-state index contributed by atoms with van der Waals surface area (Å²) in [6, 6.07) is 15.3. The summed E-state index contributed by atoms with van der Waals surface area (Å²) in [4.78, 5) is 15.2. The zero-order chi connectivity index (χ0) is 27.4. The zero-order valence-corrected chi connectivity index (χ0v) is 23.2. The summed E-state index contributed by atoms with van der Waals surface area (Å²) in [6.07, 6.45) is 8.00. The third-order valence-electron chi connectivity index (χ3n) is 8.93. The lowest BCUT2D eigenvalue weighted by atomic mass is 9.79. The second-order valence-corrected chi connectivity index (χ2v) is 11.5. The van der Waals surface area contributed by atoms with E-state index in [1.54, 1.807) is 0 Å². The Hall–Kier alpha value is -3.19. The van der Waals surface area contributed by atoms with E-state index in [0.29, 0.717) is 17.0 Å². The van der Waals surface area contributed by atoms with Gasteiger partial charge in [-0.05, 0) is 74.1 Å². The molecule has 0 radical (unpaired) electrons. The molecular weight excluding hydrogens is 491 g/mol. The first-order valence-electron chi connectivity index (χ1n) is 14.5. The summed E-state index contributed by atoms with van der Waals surface area (Å²) in [7, 11) is 0. The standard InChI is InChI=1S/C32H41FN4O2/c1-22(2)24-8-11-26(12-9-24)36-16-14-27(15-17-36)37-30-13-10-25(33)18-28(30)29(19-34)31(37)20-35-32(38)39-21-23-6-4-3-5-7-23/h3-7,10,13,18-19,22,24,26-27,34H,8-9,11-12,14-17,20-21H2,1-2H3,(H,35,38). The van der Waals surface area contributed by atoms with Gasteiger partial charge in [0.2, 0.25) is 0 Å². The van der Waals surface area contributed by atoms with Crippen molar-refractivity contribution in [3.63, 3.8) is 0 Å². The first-order chi connectivity index (χ1) is 18.9. The fourth-order valence-electron chi connectivity index (χ4n) is 6.70. The van der Waals surface area contributed by atoms with Crippen molar-refractivity contribution >= 4 is 23.2 Å². The van der Waals surface area contributed by atoms with Gasteiger partial charge in [-0.25, -0.2) is 9.18 Å². The van der Waals surface area contributed by atoms with Gasteiger partial charge >= 0.3 is 6.09 Å². The lowest BCUT2D eigenvalue weighted by Gasteiger charge is -2.42. The van der Waals surface area contributed by atoms with Crippen molar-refractivity contribution in [2.75, 3.05) is 13.1 Å². The van der Waals surface area contributed by atoms with E-state index in [2.05, 4.69) is 28.6 Å². The van der Waals surface area contributed by atoms with Crippen LogP contribution < -0.4 is 5.32 Å². The van der Waals surface area contributed by atoms with Crippen LogP contribution in [-0.4, -0.2) is 40.9 Å². The molecule has 2 N–H and O–H groups in total. The molecule has 1 aliphatic carbocycles. The number of rotatable bonds is 8. The van der Waals surface area contributed by atoms with Crippen LogP contribution in [0.4, 0.5) is 9.18 Å². The van der Waals surface area contributed by atoms with Crippen molar-refractivity contribution in [1.82, 2.24) is 14.8 Å². The van der Waals surface area contributed by atoms with E-state index in [1.807, 2.05) is 36.4 Å². The molecule has 5 rings (SSSR count). The lowest BCUT2D eigenvalue weighted by molar-refractivity contribution is 0.0888. The maximum Gasteiger partial charge on any atom is 0.407 e. The van der Waals surface area contributed by atoms with Crippen LogP contribution in [0.25, 0.3) is 10.9 Å². The number of nitrogens with zero attached hydrogens (tertiary/aromatic N) is 2. The molecule has 2 fully saturated rings. The molecule has 1 saturated carbocycles. The van der Waals surface area contributed by atoms with Crippen molar-refractivity contribution in [3.8, 4) is 0 Å². The fourth-order valence-corrected chi connectivity index (χ4v) is 6.70. The van der Waals surface area contributed by atoms with Gasteiger partial charge in [0.1, 0.15) is 12.4 Å². The average Bonchev–Trinajstić information content (AvgIpc) is 3.27. The summed E-state index contributed by atoms with van der Waals surface area (Å²) in [6.45, 7) is 7.18. The quantitative estimate of drug-likeness (QED) is 0.305. The number of hydrogen-bond acceptors (Lipinski definition) is 4.